The smallest absolute Gasteiger partial charge is 0.240 e. The molecule has 9 nitrogen and oxygen atoms in total. The molecule has 0 saturated heterocycles. The number of fused-ring (bicyclic) bond motifs is 2. The summed E-state index contributed by atoms with van der Waals surface area (Å²) >= 11 is 0. The zero-order valence-electron chi connectivity index (χ0n) is 20.7. The van der Waals surface area contributed by atoms with Crippen molar-refractivity contribution in [3.63, 3.8) is 0 Å². The first-order valence-electron chi connectivity index (χ1n) is 12.0. The molecule has 0 aliphatic carbocycles. The molecule has 1 aliphatic rings. The third-order valence-corrected chi connectivity index (χ3v) is 6.24. The number of aromatic amines is 1. The van der Waals surface area contributed by atoms with Gasteiger partial charge < -0.3 is 30.0 Å². The van der Waals surface area contributed by atoms with Crippen LogP contribution in [0.5, 0.6) is 11.5 Å². The third kappa shape index (κ3) is 5.35. The molecule has 9 heteroatoms. The summed E-state index contributed by atoms with van der Waals surface area (Å²) in [5.74, 6) is 1.38. The zero-order valence-corrected chi connectivity index (χ0v) is 20.7. The molecule has 0 unspecified atom stereocenters. The lowest BCUT2D eigenvalue weighted by atomic mass is 10.1. The predicted molar refractivity (Wildman–Crippen MR) is 142 cm³/mol. The van der Waals surface area contributed by atoms with E-state index in [9.17, 15) is 9.59 Å². The fraction of sp³-hybridized carbons (Fsp3) is 0.214. The maximum atomic E-state index is 12.8. The number of carbonyl (C=O) groups is 2. The van der Waals surface area contributed by atoms with E-state index in [0.29, 0.717) is 42.5 Å². The number of nitrogens with one attached hydrogen (secondary N) is 3. The van der Waals surface area contributed by atoms with Crippen molar-refractivity contribution in [2.75, 3.05) is 31.0 Å². The van der Waals surface area contributed by atoms with Crippen molar-refractivity contribution in [3.8, 4) is 11.5 Å². The molecular formula is C28H28N5O4. The highest BCUT2D eigenvalue weighted by molar-refractivity contribution is 6.00. The molecule has 0 fully saturated rings. The number of imidazole rings is 1. The maximum absolute atomic E-state index is 12.8. The van der Waals surface area contributed by atoms with Gasteiger partial charge in [0.05, 0.1) is 30.9 Å². The second kappa shape index (κ2) is 10.6. The Balaban J connectivity index is 1.22. The number of hydrogen-bond acceptors (Lipinski definition) is 6. The van der Waals surface area contributed by atoms with Crippen LogP contribution in [0, 0.1) is 6.42 Å². The number of rotatable bonds is 8. The van der Waals surface area contributed by atoms with Gasteiger partial charge in [0.15, 0.2) is 11.5 Å². The van der Waals surface area contributed by atoms with Crippen molar-refractivity contribution in [2.45, 2.75) is 19.4 Å². The number of amides is 2. The van der Waals surface area contributed by atoms with Crippen LogP contribution >= 0.6 is 0 Å². The van der Waals surface area contributed by atoms with Crippen molar-refractivity contribution in [3.05, 3.63) is 78.2 Å². The molecule has 0 spiro atoms. The summed E-state index contributed by atoms with van der Waals surface area (Å²) in [4.78, 5) is 34.9. The molecule has 5 rings (SSSR count). The van der Waals surface area contributed by atoms with Crippen LogP contribution in [0.2, 0.25) is 0 Å². The summed E-state index contributed by atoms with van der Waals surface area (Å²) < 4.78 is 10.8. The van der Waals surface area contributed by atoms with Gasteiger partial charge in [0.1, 0.15) is 6.54 Å². The van der Waals surface area contributed by atoms with Gasteiger partial charge in [-0.2, -0.15) is 0 Å². The van der Waals surface area contributed by atoms with Gasteiger partial charge in [-0.05, 0) is 54.3 Å². The molecule has 3 N–H and O–H groups in total. The Bertz CT molecular complexity index is 1400. The average molecular weight is 499 g/mol. The van der Waals surface area contributed by atoms with E-state index in [-0.39, 0.29) is 18.4 Å². The van der Waals surface area contributed by atoms with Crippen LogP contribution in [-0.2, 0) is 16.1 Å². The zero-order chi connectivity index (χ0) is 25.8. The average Bonchev–Trinajstić information content (AvgIpc) is 3.26. The lowest BCUT2D eigenvalue weighted by molar-refractivity contribution is -0.123. The molecule has 1 aromatic heterocycles. The van der Waals surface area contributed by atoms with Gasteiger partial charge in [0.25, 0.3) is 0 Å². The molecule has 189 valence electrons. The van der Waals surface area contributed by atoms with Crippen molar-refractivity contribution in [2.24, 2.45) is 0 Å². The maximum Gasteiger partial charge on any atom is 0.240 e. The second-order valence-corrected chi connectivity index (χ2v) is 8.69. The minimum Gasteiger partial charge on any atom is -0.493 e. The van der Waals surface area contributed by atoms with Gasteiger partial charge in [-0.3, -0.25) is 9.59 Å². The molecule has 3 aromatic carbocycles. The number of hydrogen-bond donors (Lipinski definition) is 3. The largest absolute Gasteiger partial charge is 0.493 e. The van der Waals surface area contributed by atoms with E-state index in [0.717, 1.165) is 27.8 Å². The summed E-state index contributed by atoms with van der Waals surface area (Å²) in [6.45, 7) is 0.261. The van der Waals surface area contributed by atoms with Gasteiger partial charge in [0.2, 0.25) is 17.8 Å². The SMILES string of the molecule is COc1cc2c(cc1OC)N(CC(=O)NCc1ccc(Nc3nc4ccccc4[nH]3)cc1)C(=O)CC[CH]2. The van der Waals surface area contributed by atoms with Gasteiger partial charge >= 0.3 is 0 Å². The first-order valence-corrected chi connectivity index (χ1v) is 12.0. The summed E-state index contributed by atoms with van der Waals surface area (Å²) in [5.41, 5.74) is 5.14. The topological polar surface area (TPSA) is 109 Å². The van der Waals surface area contributed by atoms with Gasteiger partial charge in [0, 0.05) is 24.7 Å². The fourth-order valence-corrected chi connectivity index (χ4v) is 4.33. The van der Waals surface area contributed by atoms with Crippen LogP contribution in [0.15, 0.2) is 60.7 Å². The first kappa shape index (κ1) is 24.2. The Morgan fingerprint density at radius 1 is 1.05 bits per heavy atom. The van der Waals surface area contributed by atoms with E-state index in [4.69, 9.17) is 9.47 Å². The van der Waals surface area contributed by atoms with Crippen molar-refractivity contribution < 1.29 is 19.1 Å². The Morgan fingerprint density at radius 3 is 2.57 bits per heavy atom. The highest BCUT2D eigenvalue weighted by Gasteiger charge is 2.26. The number of benzene rings is 3. The van der Waals surface area contributed by atoms with Gasteiger partial charge in [-0.1, -0.05) is 24.3 Å². The number of H-pyrrole nitrogens is 1. The third-order valence-electron chi connectivity index (χ3n) is 6.24. The second-order valence-electron chi connectivity index (χ2n) is 8.69. The van der Waals surface area contributed by atoms with Crippen LogP contribution in [-0.4, -0.2) is 42.5 Å². The predicted octanol–water partition coefficient (Wildman–Crippen LogP) is 4.32. The van der Waals surface area contributed by atoms with Crippen molar-refractivity contribution >= 4 is 40.2 Å². The van der Waals surface area contributed by atoms with E-state index in [2.05, 4.69) is 20.6 Å². The van der Waals surface area contributed by atoms with Crippen LogP contribution in [0.25, 0.3) is 11.0 Å². The Kier molecular flexibility index (Phi) is 6.93. The fourth-order valence-electron chi connectivity index (χ4n) is 4.33. The van der Waals surface area contributed by atoms with Gasteiger partial charge in [-0.25, -0.2) is 4.98 Å². The highest BCUT2D eigenvalue weighted by atomic mass is 16.5. The summed E-state index contributed by atoms with van der Waals surface area (Å²) in [7, 11) is 3.11. The van der Waals surface area contributed by atoms with Crippen LogP contribution in [0.1, 0.15) is 24.0 Å². The summed E-state index contributed by atoms with van der Waals surface area (Å²) in [5, 5.41) is 6.18. The van der Waals surface area contributed by atoms with Crippen molar-refractivity contribution in [1.82, 2.24) is 15.3 Å². The first-order chi connectivity index (χ1) is 18.0. The highest BCUT2D eigenvalue weighted by Crippen LogP contribution is 2.38. The van der Waals surface area contributed by atoms with E-state index in [1.54, 1.807) is 20.3 Å². The number of anilines is 3. The molecule has 4 aromatic rings. The molecule has 1 radical (unpaired) electrons. The molecule has 2 heterocycles. The molecule has 0 atom stereocenters. The molecule has 2 amide bonds. The van der Waals surface area contributed by atoms with E-state index < -0.39 is 0 Å². The molecule has 0 bridgehead atoms. The van der Waals surface area contributed by atoms with Crippen LogP contribution in [0.4, 0.5) is 17.3 Å². The van der Waals surface area contributed by atoms with Crippen LogP contribution in [0.3, 0.4) is 0 Å². The van der Waals surface area contributed by atoms with E-state index in [1.807, 2.05) is 61.0 Å². The molecular weight excluding hydrogens is 470 g/mol. The molecule has 1 aliphatic heterocycles. The normalized spacial score (nSPS) is 13.1. The number of ether oxygens (including phenoxy) is 2. The summed E-state index contributed by atoms with van der Waals surface area (Å²) in [6, 6.07) is 19.1. The van der Waals surface area contributed by atoms with Gasteiger partial charge in [-0.15, -0.1) is 0 Å². The number of carbonyl (C=O) groups excluding carboxylic acids is 2. The van der Waals surface area contributed by atoms with E-state index >= 15 is 0 Å². The Morgan fingerprint density at radius 2 is 1.81 bits per heavy atom. The number of nitrogens with zero attached hydrogens (tertiary/aromatic N) is 2. The minimum absolute atomic E-state index is 0.0825. The quantitative estimate of drug-likeness (QED) is 0.334. The number of aromatic nitrogens is 2. The van der Waals surface area contributed by atoms with Crippen LogP contribution < -0.4 is 25.0 Å². The standard InChI is InChI=1S/C28H28N5O4/c1-36-24-14-19-6-5-9-27(35)33(23(19)15-25(24)37-2)17-26(34)29-16-18-10-12-20(13-11-18)30-28-31-21-7-3-4-8-22(21)32-28/h3-4,6-8,10-15H,5,9,16-17H2,1-2H3,(H,29,34)(H2,30,31,32). The number of methoxy groups -OCH3 is 2. The Labute approximate surface area is 214 Å². The monoisotopic (exact) mass is 498 g/mol. The minimum atomic E-state index is -0.250. The Hall–Kier alpha value is -4.53. The lowest BCUT2D eigenvalue weighted by Crippen LogP contribution is -2.40. The number of para-hydroxylation sites is 2. The van der Waals surface area contributed by atoms with E-state index in [1.165, 1.54) is 4.90 Å². The lowest BCUT2D eigenvalue weighted by Gasteiger charge is -2.24. The van der Waals surface area contributed by atoms with Crippen molar-refractivity contribution in [1.29, 1.82) is 0 Å². The molecule has 0 saturated carbocycles. The molecule has 37 heavy (non-hydrogen) atoms. The summed E-state index contributed by atoms with van der Waals surface area (Å²) in [6.07, 6.45) is 2.90.